The van der Waals surface area contributed by atoms with E-state index >= 15 is 0 Å². The summed E-state index contributed by atoms with van der Waals surface area (Å²) in [5, 5.41) is 3.10. The number of alkyl halides is 3. The van der Waals surface area contributed by atoms with E-state index in [0.717, 1.165) is 18.9 Å². The van der Waals surface area contributed by atoms with Crippen molar-refractivity contribution < 1.29 is 27.4 Å². The van der Waals surface area contributed by atoms with Crippen molar-refractivity contribution in [3.8, 4) is 11.5 Å². The van der Waals surface area contributed by atoms with E-state index in [1.54, 1.807) is 12.1 Å². The number of hydrogen-bond donors (Lipinski definition) is 1. The number of halogens is 4. The summed E-state index contributed by atoms with van der Waals surface area (Å²) in [5.41, 5.74) is -0.247. The van der Waals surface area contributed by atoms with Crippen LogP contribution in [0.4, 0.5) is 24.7 Å². The van der Waals surface area contributed by atoms with Crippen LogP contribution < -0.4 is 14.8 Å². The van der Waals surface area contributed by atoms with Gasteiger partial charge in [-0.1, -0.05) is 18.2 Å². The Balaban J connectivity index is 1.44. The molecule has 0 radical (unpaired) electrons. The molecule has 2 fully saturated rings. The highest BCUT2D eigenvalue weighted by atomic mass is 35.5. The number of ether oxygens (including phenoxy) is 2. The lowest BCUT2D eigenvalue weighted by Gasteiger charge is -2.38. The van der Waals surface area contributed by atoms with Crippen LogP contribution in [0.1, 0.15) is 31.2 Å². The SMILES string of the molecule is C=CC(=O)N1[C@@H]2CC[C@H]1C[C@H](Oc1cc3c(Nc4ccc(Cl)c(C(F)(F)F)c4)ncnc3cc1OC)C2. The molecule has 11 heteroatoms. The monoisotopic (exact) mass is 532 g/mol. The van der Waals surface area contributed by atoms with Gasteiger partial charge in [-0.15, -0.1) is 0 Å². The molecular weight excluding hydrogens is 509 g/mol. The minimum Gasteiger partial charge on any atom is -0.493 e. The third-order valence-corrected chi connectivity index (χ3v) is 7.20. The molecule has 194 valence electrons. The molecule has 3 aromatic rings. The number of rotatable bonds is 6. The van der Waals surface area contributed by atoms with Gasteiger partial charge >= 0.3 is 6.18 Å². The molecule has 0 aliphatic carbocycles. The second-order valence-corrected chi connectivity index (χ2v) is 9.51. The maximum Gasteiger partial charge on any atom is 0.417 e. The maximum atomic E-state index is 13.3. The van der Waals surface area contributed by atoms with E-state index in [4.69, 9.17) is 21.1 Å². The number of fused-ring (bicyclic) bond motifs is 3. The number of carbonyl (C=O) groups is 1. The molecule has 3 heterocycles. The predicted octanol–water partition coefficient (Wildman–Crippen LogP) is 6.14. The third-order valence-electron chi connectivity index (χ3n) is 6.87. The van der Waals surface area contributed by atoms with Crippen LogP contribution in [0.2, 0.25) is 5.02 Å². The Kier molecular flexibility index (Phi) is 6.61. The highest BCUT2D eigenvalue weighted by molar-refractivity contribution is 6.31. The van der Waals surface area contributed by atoms with Crippen molar-refractivity contribution in [3.63, 3.8) is 0 Å². The quantitative estimate of drug-likeness (QED) is 0.384. The van der Waals surface area contributed by atoms with Crippen molar-refractivity contribution >= 4 is 39.9 Å². The van der Waals surface area contributed by atoms with Crippen LogP contribution in [0.25, 0.3) is 10.9 Å². The number of anilines is 2. The Labute approximate surface area is 216 Å². The van der Waals surface area contributed by atoms with Gasteiger partial charge in [-0.3, -0.25) is 4.79 Å². The Hall–Kier alpha value is -3.53. The second-order valence-electron chi connectivity index (χ2n) is 9.11. The number of nitrogens with zero attached hydrogens (tertiary/aromatic N) is 3. The molecule has 1 N–H and O–H groups in total. The van der Waals surface area contributed by atoms with Gasteiger partial charge in [-0.25, -0.2) is 9.97 Å². The minimum absolute atomic E-state index is 0.0574. The lowest BCUT2D eigenvalue weighted by atomic mass is 9.99. The van der Waals surface area contributed by atoms with Crippen LogP contribution in [0.5, 0.6) is 11.5 Å². The van der Waals surface area contributed by atoms with Crippen molar-refractivity contribution in [2.75, 3.05) is 12.4 Å². The Morgan fingerprint density at radius 1 is 1.16 bits per heavy atom. The first-order valence-electron chi connectivity index (χ1n) is 11.8. The van der Waals surface area contributed by atoms with Gasteiger partial charge in [0.05, 0.1) is 23.2 Å². The normalized spacial score (nSPS) is 21.1. The third kappa shape index (κ3) is 4.90. The summed E-state index contributed by atoms with van der Waals surface area (Å²) in [4.78, 5) is 22.7. The fourth-order valence-corrected chi connectivity index (χ4v) is 5.47. The van der Waals surface area contributed by atoms with Crippen LogP contribution >= 0.6 is 11.6 Å². The van der Waals surface area contributed by atoms with Gasteiger partial charge in [0.2, 0.25) is 5.91 Å². The van der Waals surface area contributed by atoms with Crippen LogP contribution in [-0.2, 0) is 11.0 Å². The summed E-state index contributed by atoms with van der Waals surface area (Å²) in [6.45, 7) is 3.61. The molecule has 0 spiro atoms. The highest BCUT2D eigenvalue weighted by Gasteiger charge is 2.43. The Morgan fingerprint density at radius 2 is 1.89 bits per heavy atom. The number of carbonyl (C=O) groups excluding carboxylic acids is 1. The van der Waals surface area contributed by atoms with Crippen LogP contribution in [-0.4, -0.2) is 46.1 Å². The van der Waals surface area contributed by atoms with E-state index in [0.29, 0.717) is 41.1 Å². The molecule has 2 bridgehead atoms. The number of aromatic nitrogens is 2. The zero-order valence-electron chi connectivity index (χ0n) is 19.9. The number of benzene rings is 2. The molecule has 7 nitrogen and oxygen atoms in total. The van der Waals surface area contributed by atoms with Crippen LogP contribution in [0.3, 0.4) is 0 Å². The highest BCUT2D eigenvalue weighted by Crippen LogP contribution is 2.41. The molecule has 1 amide bonds. The zero-order valence-corrected chi connectivity index (χ0v) is 20.6. The minimum atomic E-state index is -4.60. The fourth-order valence-electron chi connectivity index (χ4n) is 5.24. The molecule has 2 aliphatic heterocycles. The molecular formula is C26H24ClF3N4O3. The Morgan fingerprint density at radius 3 is 2.54 bits per heavy atom. The largest absolute Gasteiger partial charge is 0.493 e. The van der Waals surface area contributed by atoms with E-state index in [-0.39, 0.29) is 34.8 Å². The first-order valence-corrected chi connectivity index (χ1v) is 12.1. The number of methoxy groups -OCH3 is 1. The molecule has 0 unspecified atom stereocenters. The summed E-state index contributed by atoms with van der Waals surface area (Å²) in [5.74, 6) is 1.19. The average Bonchev–Trinajstić information content (AvgIpc) is 3.14. The topological polar surface area (TPSA) is 76.6 Å². The molecule has 2 aromatic carbocycles. The van der Waals surface area contributed by atoms with Crippen molar-refractivity contribution in [1.29, 1.82) is 0 Å². The van der Waals surface area contributed by atoms with Crippen molar-refractivity contribution in [2.24, 2.45) is 0 Å². The maximum absolute atomic E-state index is 13.3. The summed E-state index contributed by atoms with van der Waals surface area (Å²) in [6.07, 6.45) is 1.13. The first kappa shape index (κ1) is 25.1. The van der Waals surface area contributed by atoms with Gasteiger partial charge in [-0.05, 0) is 43.2 Å². The van der Waals surface area contributed by atoms with Gasteiger partial charge in [0.1, 0.15) is 18.2 Å². The van der Waals surface area contributed by atoms with E-state index in [2.05, 4.69) is 21.9 Å². The fraction of sp³-hybridized carbons (Fsp3) is 0.346. The van der Waals surface area contributed by atoms with Crippen LogP contribution in [0.15, 0.2) is 49.3 Å². The predicted molar refractivity (Wildman–Crippen MR) is 133 cm³/mol. The molecule has 2 saturated heterocycles. The smallest absolute Gasteiger partial charge is 0.417 e. The standard InChI is InChI=1S/C26H24ClF3N4O3/c1-3-24(35)34-15-5-6-16(34)10-17(9-15)37-23-11-18-21(12-22(23)36-2)31-13-32-25(18)33-14-4-7-20(27)19(8-14)26(28,29)30/h3-4,7-8,11-13,15-17H,1,5-6,9-10H2,2H3,(H,31,32,33)/t15-,16+,17-. The van der Waals surface area contributed by atoms with E-state index in [9.17, 15) is 18.0 Å². The second kappa shape index (κ2) is 9.74. The lowest BCUT2D eigenvalue weighted by molar-refractivity contribution is -0.137. The Bertz CT molecular complexity index is 1350. The molecule has 3 atom stereocenters. The van der Waals surface area contributed by atoms with Crippen molar-refractivity contribution in [2.45, 2.75) is 50.0 Å². The van der Waals surface area contributed by atoms with Gasteiger partial charge in [0.25, 0.3) is 0 Å². The average molecular weight is 533 g/mol. The number of hydrogen-bond acceptors (Lipinski definition) is 6. The lowest BCUT2D eigenvalue weighted by Crippen LogP contribution is -2.48. The molecule has 2 aliphatic rings. The number of amides is 1. The van der Waals surface area contributed by atoms with E-state index in [1.165, 1.54) is 31.6 Å². The summed E-state index contributed by atoms with van der Waals surface area (Å²) >= 11 is 5.75. The van der Waals surface area contributed by atoms with E-state index in [1.807, 2.05) is 4.90 Å². The van der Waals surface area contributed by atoms with E-state index < -0.39 is 11.7 Å². The molecule has 37 heavy (non-hydrogen) atoms. The first-order chi connectivity index (χ1) is 17.7. The molecule has 1 aromatic heterocycles. The van der Waals surface area contributed by atoms with Gasteiger partial charge in [0, 0.05) is 42.1 Å². The molecule has 0 saturated carbocycles. The zero-order chi connectivity index (χ0) is 26.3. The van der Waals surface area contributed by atoms with Gasteiger partial charge < -0.3 is 19.7 Å². The summed E-state index contributed by atoms with van der Waals surface area (Å²) in [7, 11) is 1.52. The van der Waals surface area contributed by atoms with Crippen molar-refractivity contribution in [1.82, 2.24) is 14.9 Å². The number of nitrogens with one attached hydrogen (secondary N) is 1. The van der Waals surface area contributed by atoms with Gasteiger partial charge in [0.15, 0.2) is 11.5 Å². The van der Waals surface area contributed by atoms with Gasteiger partial charge in [-0.2, -0.15) is 13.2 Å². The summed E-state index contributed by atoms with van der Waals surface area (Å²) in [6, 6.07) is 7.17. The molecule has 5 rings (SSSR count). The number of piperidine rings is 1. The van der Waals surface area contributed by atoms with Crippen LogP contribution in [0, 0.1) is 0 Å². The van der Waals surface area contributed by atoms with Crippen molar-refractivity contribution in [3.05, 3.63) is 59.9 Å². The summed E-state index contributed by atoms with van der Waals surface area (Å²) < 4.78 is 51.9.